The SMILES string of the molecule is NC(=O)C(=O)NCC(=O)c1ccccc1. The van der Waals surface area contributed by atoms with Crippen molar-refractivity contribution in [2.45, 2.75) is 0 Å². The first kappa shape index (κ1) is 10.9. The van der Waals surface area contributed by atoms with Crippen LogP contribution in [-0.2, 0) is 9.59 Å². The highest BCUT2D eigenvalue weighted by molar-refractivity contribution is 6.34. The Morgan fingerprint density at radius 2 is 1.73 bits per heavy atom. The minimum atomic E-state index is -1.10. The van der Waals surface area contributed by atoms with Crippen molar-refractivity contribution in [3.05, 3.63) is 35.9 Å². The molecule has 0 heterocycles. The summed E-state index contributed by atoms with van der Waals surface area (Å²) in [5.41, 5.74) is 5.17. The van der Waals surface area contributed by atoms with Gasteiger partial charge in [0.2, 0.25) is 0 Å². The number of nitrogens with two attached hydrogens (primary N) is 1. The molecule has 0 saturated carbocycles. The lowest BCUT2D eigenvalue weighted by molar-refractivity contribution is -0.137. The van der Waals surface area contributed by atoms with Crippen molar-refractivity contribution in [2.75, 3.05) is 6.54 Å². The van der Waals surface area contributed by atoms with Crippen LogP contribution in [0.5, 0.6) is 0 Å². The molecule has 5 nitrogen and oxygen atoms in total. The summed E-state index contributed by atoms with van der Waals surface area (Å²) in [7, 11) is 0. The quantitative estimate of drug-likeness (QED) is 0.514. The maximum Gasteiger partial charge on any atom is 0.309 e. The van der Waals surface area contributed by atoms with E-state index < -0.39 is 11.8 Å². The van der Waals surface area contributed by atoms with Gasteiger partial charge in [0.25, 0.3) is 0 Å². The van der Waals surface area contributed by atoms with Crippen LogP contribution in [0.1, 0.15) is 10.4 Å². The molecule has 3 N–H and O–H groups in total. The molecule has 5 heteroatoms. The molecular formula is C10H10N2O3. The minimum Gasteiger partial charge on any atom is -0.361 e. The predicted molar refractivity (Wildman–Crippen MR) is 53.0 cm³/mol. The number of rotatable bonds is 3. The van der Waals surface area contributed by atoms with Crippen LogP contribution in [0.3, 0.4) is 0 Å². The van der Waals surface area contributed by atoms with Crippen LogP contribution < -0.4 is 11.1 Å². The fourth-order valence-corrected chi connectivity index (χ4v) is 0.974. The van der Waals surface area contributed by atoms with E-state index >= 15 is 0 Å². The zero-order valence-electron chi connectivity index (χ0n) is 7.90. The van der Waals surface area contributed by atoms with Crippen LogP contribution in [0.2, 0.25) is 0 Å². The van der Waals surface area contributed by atoms with Crippen LogP contribution in [-0.4, -0.2) is 24.1 Å². The van der Waals surface area contributed by atoms with Crippen LogP contribution >= 0.6 is 0 Å². The highest BCUT2D eigenvalue weighted by atomic mass is 16.2. The van der Waals surface area contributed by atoms with Crippen molar-refractivity contribution in [3.63, 3.8) is 0 Å². The first-order valence-electron chi connectivity index (χ1n) is 4.27. The lowest BCUT2D eigenvalue weighted by atomic mass is 10.1. The Balaban J connectivity index is 2.51. The second-order valence-electron chi connectivity index (χ2n) is 2.84. The molecule has 1 rings (SSSR count). The molecule has 0 fully saturated rings. The average molecular weight is 206 g/mol. The molecule has 0 aromatic heterocycles. The van der Waals surface area contributed by atoms with Crippen molar-refractivity contribution in [1.82, 2.24) is 5.32 Å². The van der Waals surface area contributed by atoms with Crippen LogP contribution in [0.25, 0.3) is 0 Å². The molecule has 0 saturated heterocycles. The Morgan fingerprint density at radius 1 is 1.13 bits per heavy atom. The second kappa shape index (κ2) is 4.90. The molecule has 0 aliphatic carbocycles. The lowest BCUT2D eigenvalue weighted by Crippen LogP contribution is -2.38. The van der Waals surface area contributed by atoms with Gasteiger partial charge in [-0.2, -0.15) is 0 Å². The monoisotopic (exact) mass is 206 g/mol. The molecule has 1 aromatic rings. The molecule has 0 radical (unpaired) electrons. The van der Waals surface area contributed by atoms with E-state index in [0.29, 0.717) is 5.56 Å². The first-order valence-corrected chi connectivity index (χ1v) is 4.27. The van der Waals surface area contributed by atoms with Crippen molar-refractivity contribution < 1.29 is 14.4 Å². The van der Waals surface area contributed by atoms with E-state index in [9.17, 15) is 14.4 Å². The third-order valence-electron chi connectivity index (χ3n) is 1.73. The minimum absolute atomic E-state index is 0.230. The molecule has 78 valence electrons. The highest BCUT2D eigenvalue weighted by Gasteiger charge is 2.10. The molecule has 0 bridgehead atoms. The number of nitrogens with one attached hydrogen (secondary N) is 1. The lowest BCUT2D eigenvalue weighted by Gasteiger charge is -2.01. The molecule has 0 atom stereocenters. The Hall–Kier alpha value is -2.17. The number of benzene rings is 1. The van der Waals surface area contributed by atoms with Crippen molar-refractivity contribution >= 4 is 17.6 Å². The molecule has 0 spiro atoms. The number of hydrogen-bond donors (Lipinski definition) is 2. The number of carbonyl (C=O) groups is 3. The summed E-state index contributed by atoms with van der Waals surface area (Å²) in [6.07, 6.45) is 0. The molecule has 15 heavy (non-hydrogen) atoms. The topological polar surface area (TPSA) is 89.3 Å². The van der Waals surface area contributed by atoms with Crippen LogP contribution in [0.15, 0.2) is 30.3 Å². The number of Topliss-reactive ketones (excluding diaryl/α,β-unsaturated/α-hetero) is 1. The molecule has 0 aliphatic heterocycles. The number of amides is 2. The van der Waals surface area contributed by atoms with E-state index in [1.54, 1.807) is 30.3 Å². The third-order valence-corrected chi connectivity index (χ3v) is 1.73. The van der Waals surface area contributed by atoms with Gasteiger partial charge in [-0.3, -0.25) is 14.4 Å². The highest BCUT2D eigenvalue weighted by Crippen LogP contribution is 1.98. The van der Waals surface area contributed by atoms with Gasteiger partial charge in [0, 0.05) is 5.56 Å². The first-order chi connectivity index (χ1) is 7.11. The summed E-state index contributed by atoms with van der Waals surface area (Å²) < 4.78 is 0. The average Bonchev–Trinajstić information content (AvgIpc) is 2.26. The summed E-state index contributed by atoms with van der Waals surface area (Å²) in [4.78, 5) is 32.5. The van der Waals surface area contributed by atoms with E-state index in [4.69, 9.17) is 5.73 Å². The second-order valence-corrected chi connectivity index (χ2v) is 2.84. The van der Waals surface area contributed by atoms with E-state index in [-0.39, 0.29) is 12.3 Å². The summed E-state index contributed by atoms with van der Waals surface area (Å²) >= 11 is 0. The van der Waals surface area contributed by atoms with E-state index in [1.807, 2.05) is 0 Å². The maximum atomic E-state index is 11.4. The van der Waals surface area contributed by atoms with Gasteiger partial charge in [0.05, 0.1) is 6.54 Å². The number of ketones is 1. The van der Waals surface area contributed by atoms with Gasteiger partial charge >= 0.3 is 11.8 Å². The van der Waals surface area contributed by atoms with Gasteiger partial charge in [-0.25, -0.2) is 0 Å². The predicted octanol–water partition coefficient (Wildman–Crippen LogP) is -0.529. The Bertz CT molecular complexity index is 387. The third kappa shape index (κ3) is 3.22. The molecule has 1 aromatic carbocycles. The zero-order chi connectivity index (χ0) is 11.3. The molecule has 0 unspecified atom stereocenters. The number of hydrogen-bond acceptors (Lipinski definition) is 3. The number of primary amides is 1. The van der Waals surface area contributed by atoms with E-state index in [2.05, 4.69) is 5.32 Å². The molecule has 2 amide bonds. The van der Waals surface area contributed by atoms with E-state index in [1.165, 1.54) is 0 Å². The Labute approximate surface area is 86.3 Å². The molecule has 0 aliphatic rings. The van der Waals surface area contributed by atoms with Gasteiger partial charge in [0.1, 0.15) is 0 Å². The Kier molecular flexibility index (Phi) is 3.56. The van der Waals surface area contributed by atoms with E-state index in [0.717, 1.165) is 0 Å². The zero-order valence-corrected chi connectivity index (χ0v) is 7.90. The van der Waals surface area contributed by atoms with Crippen LogP contribution in [0.4, 0.5) is 0 Å². The van der Waals surface area contributed by atoms with Gasteiger partial charge < -0.3 is 11.1 Å². The summed E-state index contributed by atoms with van der Waals surface area (Å²) in [5.74, 6) is -2.33. The fraction of sp³-hybridized carbons (Fsp3) is 0.100. The van der Waals surface area contributed by atoms with Gasteiger partial charge in [-0.05, 0) is 0 Å². The van der Waals surface area contributed by atoms with Crippen molar-refractivity contribution in [3.8, 4) is 0 Å². The summed E-state index contributed by atoms with van der Waals surface area (Å²) in [5, 5.41) is 2.12. The summed E-state index contributed by atoms with van der Waals surface area (Å²) in [6.45, 7) is -0.230. The maximum absolute atomic E-state index is 11.4. The van der Waals surface area contributed by atoms with Crippen molar-refractivity contribution in [1.29, 1.82) is 0 Å². The Morgan fingerprint density at radius 3 is 2.27 bits per heavy atom. The van der Waals surface area contributed by atoms with Gasteiger partial charge in [0.15, 0.2) is 5.78 Å². The smallest absolute Gasteiger partial charge is 0.309 e. The summed E-state index contributed by atoms with van der Waals surface area (Å²) in [6, 6.07) is 8.45. The van der Waals surface area contributed by atoms with Gasteiger partial charge in [-0.15, -0.1) is 0 Å². The van der Waals surface area contributed by atoms with Crippen LogP contribution in [0, 0.1) is 0 Å². The molecular weight excluding hydrogens is 196 g/mol. The standard InChI is InChI=1S/C10H10N2O3/c11-9(14)10(15)12-6-8(13)7-4-2-1-3-5-7/h1-5H,6H2,(H2,11,14)(H,12,15). The van der Waals surface area contributed by atoms with Gasteiger partial charge in [-0.1, -0.05) is 30.3 Å². The number of carbonyl (C=O) groups excluding carboxylic acids is 3. The normalized spacial score (nSPS) is 9.33. The fourth-order valence-electron chi connectivity index (χ4n) is 0.974. The van der Waals surface area contributed by atoms with Crippen molar-refractivity contribution in [2.24, 2.45) is 5.73 Å². The largest absolute Gasteiger partial charge is 0.361 e.